The first kappa shape index (κ1) is 27.4. The number of ether oxygens (including phenoxy) is 1. The third kappa shape index (κ3) is 5.19. The molecule has 0 spiro atoms. The van der Waals surface area contributed by atoms with E-state index >= 15 is 0 Å². The molecule has 224 valence electrons. The van der Waals surface area contributed by atoms with E-state index in [1.807, 2.05) is 10.8 Å². The predicted octanol–water partition coefficient (Wildman–Crippen LogP) is 4.48. The van der Waals surface area contributed by atoms with Crippen molar-refractivity contribution in [1.29, 1.82) is 0 Å². The van der Waals surface area contributed by atoms with Gasteiger partial charge in [-0.25, -0.2) is 24.7 Å². The number of cyclic esters (lactones) is 1. The average molecular weight is 614 g/mol. The molecule has 0 radical (unpaired) electrons. The van der Waals surface area contributed by atoms with E-state index in [1.54, 1.807) is 28.9 Å². The van der Waals surface area contributed by atoms with Crippen LogP contribution in [0.1, 0.15) is 47.9 Å². The monoisotopic (exact) mass is 613 g/mol. The van der Waals surface area contributed by atoms with Crippen molar-refractivity contribution in [1.82, 2.24) is 34.0 Å². The highest BCUT2D eigenvalue weighted by atomic mass is 32.1. The van der Waals surface area contributed by atoms with E-state index in [9.17, 15) is 22.8 Å². The molecule has 4 aromatic heterocycles. The number of anilines is 2. The number of carbonyl (C=O) groups is 2. The quantitative estimate of drug-likeness (QED) is 0.324. The van der Waals surface area contributed by atoms with Crippen molar-refractivity contribution in [3.63, 3.8) is 0 Å². The highest BCUT2D eigenvalue weighted by molar-refractivity contribution is 7.13. The minimum absolute atomic E-state index is 0.0566. The Labute approximate surface area is 247 Å². The highest BCUT2D eigenvalue weighted by Crippen LogP contribution is 2.40. The van der Waals surface area contributed by atoms with Crippen LogP contribution in [0.2, 0.25) is 0 Å². The van der Waals surface area contributed by atoms with E-state index in [2.05, 4.69) is 30.2 Å². The zero-order valence-electron chi connectivity index (χ0n) is 22.9. The van der Waals surface area contributed by atoms with Gasteiger partial charge in [0.1, 0.15) is 24.2 Å². The lowest BCUT2D eigenvalue weighted by atomic mass is 10.1. The summed E-state index contributed by atoms with van der Waals surface area (Å²) in [7, 11) is 0. The molecule has 0 aromatic carbocycles. The zero-order valence-corrected chi connectivity index (χ0v) is 23.7. The Kier molecular flexibility index (Phi) is 6.59. The summed E-state index contributed by atoms with van der Waals surface area (Å²) in [6.45, 7) is 3.00. The van der Waals surface area contributed by atoms with Crippen LogP contribution in [0.5, 0.6) is 0 Å². The molecule has 7 rings (SSSR count). The van der Waals surface area contributed by atoms with Crippen molar-refractivity contribution in [2.45, 2.75) is 43.9 Å². The number of hydrogen-bond acceptors (Lipinski definition) is 9. The van der Waals surface area contributed by atoms with Gasteiger partial charge in [0.25, 0.3) is 5.91 Å². The van der Waals surface area contributed by atoms with Gasteiger partial charge in [0, 0.05) is 49.5 Å². The fourth-order valence-corrected chi connectivity index (χ4v) is 6.09. The Morgan fingerprint density at radius 3 is 2.81 bits per heavy atom. The molecule has 2 atom stereocenters. The maximum Gasteiger partial charge on any atom is 0.410 e. The lowest BCUT2D eigenvalue weighted by molar-refractivity contribution is -0.162. The Morgan fingerprint density at radius 1 is 1.19 bits per heavy atom. The molecule has 2 saturated heterocycles. The van der Waals surface area contributed by atoms with Crippen LogP contribution >= 0.6 is 11.3 Å². The Morgan fingerprint density at radius 2 is 2.02 bits per heavy atom. The van der Waals surface area contributed by atoms with Gasteiger partial charge in [-0.15, -0.1) is 11.3 Å². The molecule has 16 heteroatoms. The van der Waals surface area contributed by atoms with E-state index in [0.29, 0.717) is 37.8 Å². The summed E-state index contributed by atoms with van der Waals surface area (Å²) in [5.74, 6) is 0.139. The molecule has 3 aliphatic rings. The molecule has 2 aliphatic heterocycles. The van der Waals surface area contributed by atoms with Gasteiger partial charge in [0.05, 0.1) is 35.6 Å². The number of alkyl halides is 3. The van der Waals surface area contributed by atoms with Crippen molar-refractivity contribution >= 4 is 34.8 Å². The summed E-state index contributed by atoms with van der Waals surface area (Å²) in [5.41, 5.74) is 2.61. The number of amides is 2. The Balaban J connectivity index is 1.15. The standard InChI is InChI=1S/C27H26F3N9O3S/c1-15(27(28,29)30)38-5-4-31-23(38)25-35-22(13-43-25)34-24(40)18-8-20(37-11-19(33-14-37)16-2-3-16)21(9-32-18)36-6-7-39-17(10-36)12-42-26(39)41/h4-5,8-9,11,13-17H,2-3,6-7,10,12H2,1H3,(H,34,40)/t15-,17?/m0/s1. The molecule has 43 heavy (non-hydrogen) atoms. The molecule has 1 saturated carbocycles. The number of fused-ring (bicyclic) bond motifs is 1. The third-order valence-electron chi connectivity index (χ3n) is 7.92. The second-order valence-corrected chi connectivity index (χ2v) is 11.6. The number of rotatable bonds is 7. The molecular weight excluding hydrogens is 587 g/mol. The van der Waals surface area contributed by atoms with Crippen molar-refractivity contribution in [2.75, 3.05) is 36.5 Å². The zero-order chi connectivity index (χ0) is 29.9. The van der Waals surface area contributed by atoms with Crippen molar-refractivity contribution in [3.8, 4) is 16.5 Å². The number of nitrogens with zero attached hydrogens (tertiary/aromatic N) is 8. The summed E-state index contributed by atoms with van der Waals surface area (Å²) in [6, 6.07) is -0.187. The van der Waals surface area contributed by atoms with Gasteiger partial charge in [-0.05, 0) is 25.8 Å². The number of halogens is 3. The van der Waals surface area contributed by atoms with Gasteiger partial charge in [0.2, 0.25) is 0 Å². The topological polar surface area (TPSA) is 123 Å². The Bertz CT molecular complexity index is 1700. The van der Waals surface area contributed by atoms with Crippen LogP contribution < -0.4 is 10.2 Å². The van der Waals surface area contributed by atoms with E-state index in [-0.39, 0.29) is 34.5 Å². The van der Waals surface area contributed by atoms with Gasteiger partial charge in [-0.2, -0.15) is 13.2 Å². The first-order valence-corrected chi connectivity index (χ1v) is 14.6. The molecule has 0 bridgehead atoms. The number of piperazine rings is 1. The van der Waals surface area contributed by atoms with Crippen LogP contribution in [0.25, 0.3) is 16.5 Å². The number of nitrogens with one attached hydrogen (secondary N) is 1. The van der Waals surface area contributed by atoms with Crippen LogP contribution in [0.3, 0.4) is 0 Å². The lowest BCUT2D eigenvalue weighted by Gasteiger charge is -2.37. The third-order valence-corrected chi connectivity index (χ3v) is 8.76. The summed E-state index contributed by atoms with van der Waals surface area (Å²) < 4.78 is 48.1. The minimum Gasteiger partial charge on any atom is -0.447 e. The largest absolute Gasteiger partial charge is 0.447 e. The van der Waals surface area contributed by atoms with Crippen molar-refractivity contribution in [3.05, 3.63) is 53.9 Å². The number of carbonyl (C=O) groups excluding carboxylic acids is 2. The predicted molar refractivity (Wildman–Crippen MR) is 149 cm³/mol. The summed E-state index contributed by atoms with van der Waals surface area (Å²) in [5, 5.41) is 4.48. The van der Waals surface area contributed by atoms with E-state index < -0.39 is 18.1 Å². The van der Waals surface area contributed by atoms with E-state index in [4.69, 9.17) is 4.74 Å². The van der Waals surface area contributed by atoms with Gasteiger partial charge >= 0.3 is 12.3 Å². The second kappa shape index (κ2) is 10.4. The number of imidazole rings is 2. The van der Waals surface area contributed by atoms with Crippen LogP contribution in [-0.2, 0) is 4.74 Å². The summed E-state index contributed by atoms with van der Waals surface area (Å²) >= 11 is 1.07. The fraction of sp³-hybridized carbons (Fsp3) is 0.407. The van der Waals surface area contributed by atoms with Crippen LogP contribution in [-0.4, -0.2) is 84.4 Å². The molecule has 2 amide bonds. The maximum absolute atomic E-state index is 13.3. The first-order chi connectivity index (χ1) is 20.7. The summed E-state index contributed by atoms with van der Waals surface area (Å²) in [6.07, 6.45) is 5.29. The lowest BCUT2D eigenvalue weighted by Crippen LogP contribution is -2.52. The first-order valence-electron chi connectivity index (χ1n) is 13.7. The number of pyridine rings is 1. The number of thiazole rings is 1. The fourth-order valence-electron chi connectivity index (χ4n) is 5.34. The number of hydrogen-bond donors (Lipinski definition) is 1. The van der Waals surface area contributed by atoms with E-state index in [0.717, 1.165) is 47.1 Å². The smallest absolute Gasteiger partial charge is 0.410 e. The maximum atomic E-state index is 13.3. The SMILES string of the molecule is C[C@H](n1ccnc1-c1nc(NC(=O)c2cc(-n3cnc(C4CC4)c3)c(N3CCN4C(=O)OCC4C3)cn2)cs1)C(F)(F)F. The van der Waals surface area contributed by atoms with Crippen LogP contribution in [0.15, 0.2) is 42.6 Å². The summed E-state index contributed by atoms with van der Waals surface area (Å²) in [4.78, 5) is 46.6. The van der Waals surface area contributed by atoms with Crippen LogP contribution in [0.4, 0.5) is 29.5 Å². The molecule has 12 nitrogen and oxygen atoms in total. The molecule has 1 N–H and O–H groups in total. The van der Waals surface area contributed by atoms with Gasteiger partial charge in [-0.1, -0.05) is 0 Å². The minimum atomic E-state index is -4.45. The molecule has 6 heterocycles. The molecule has 1 unspecified atom stereocenters. The van der Waals surface area contributed by atoms with Gasteiger partial charge in [-0.3, -0.25) is 9.69 Å². The number of aromatic nitrogens is 6. The molecule has 4 aromatic rings. The van der Waals surface area contributed by atoms with Gasteiger partial charge < -0.3 is 24.1 Å². The molecular formula is C27H26F3N9O3S. The van der Waals surface area contributed by atoms with Crippen molar-refractivity contribution < 1.29 is 27.5 Å². The van der Waals surface area contributed by atoms with Crippen LogP contribution in [0, 0.1) is 0 Å². The highest BCUT2D eigenvalue weighted by Gasteiger charge is 2.39. The Hall–Kier alpha value is -4.47. The van der Waals surface area contributed by atoms with E-state index in [1.165, 1.54) is 12.4 Å². The molecule has 1 aliphatic carbocycles. The second-order valence-electron chi connectivity index (χ2n) is 10.8. The average Bonchev–Trinajstić information content (AvgIpc) is 3.38. The van der Waals surface area contributed by atoms with Crippen molar-refractivity contribution in [2.24, 2.45) is 0 Å². The molecule has 3 fully saturated rings. The van der Waals surface area contributed by atoms with Gasteiger partial charge in [0.15, 0.2) is 10.8 Å². The normalized spacial score (nSPS) is 19.3.